The van der Waals surface area contributed by atoms with E-state index in [1.807, 2.05) is 23.4 Å². The fraction of sp³-hybridized carbons (Fsp3) is 0.478. The highest BCUT2D eigenvalue weighted by molar-refractivity contribution is 5.95. The number of nitrogens with zero attached hydrogens (tertiary/aromatic N) is 3. The maximum absolute atomic E-state index is 13.2. The molecule has 0 bridgehead atoms. The molecule has 2 aliphatic rings. The third-order valence-corrected chi connectivity index (χ3v) is 6.19. The van der Waals surface area contributed by atoms with Gasteiger partial charge in [-0.3, -0.25) is 14.7 Å². The van der Waals surface area contributed by atoms with Crippen molar-refractivity contribution >= 4 is 5.91 Å². The zero-order valence-corrected chi connectivity index (χ0v) is 17.3. The molecule has 1 amide bonds. The summed E-state index contributed by atoms with van der Waals surface area (Å²) in [5, 5.41) is 0. The molecule has 154 valence electrons. The summed E-state index contributed by atoms with van der Waals surface area (Å²) < 4.78 is 10.7. The lowest BCUT2D eigenvalue weighted by Gasteiger charge is -2.40. The van der Waals surface area contributed by atoms with Crippen molar-refractivity contribution in [2.75, 3.05) is 40.4 Å². The third-order valence-electron chi connectivity index (χ3n) is 6.19. The number of carbonyl (C=O) groups is 1. The molecule has 0 radical (unpaired) electrons. The monoisotopic (exact) mass is 395 g/mol. The highest BCUT2D eigenvalue weighted by atomic mass is 16.5. The summed E-state index contributed by atoms with van der Waals surface area (Å²) in [6, 6.07) is 9.52. The molecule has 1 aromatic heterocycles. The lowest BCUT2D eigenvalue weighted by molar-refractivity contribution is 0.0526. The Balaban J connectivity index is 1.45. The Kier molecular flexibility index (Phi) is 5.72. The van der Waals surface area contributed by atoms with Crippen LogP contribution in [0.3, 0.4) is 0 Å². The van der Waals surface area contributed by atoms with Crippen LogP contribution in [-0.2, 0) is 6.54 Å². The van der Waals surface area contributed by atoms with Gasteiger partial charge in [-0.15, -0.1) is 0 Å². The number of ether oxygens (including phenoxy) is 2. The largest absolute Gasteiger partial charge is 0.497 e. The number of carbonyl (C=O) groups excluding carboxylic acids is 1. The molecule has 2 saturated heterocycles. The van der Waals surface area contributed by atoms with Crippen LogP contribution in [0.5, 0.6) is 11.5 Å². The van der Waals surface area contributed by atoms with E-state index in [1.165, 1.54) is 12.0 Å². The van der Waals surface area contributed by atoms with E-state index >= 15 is 0 Å². The number of hydrogen-bond acceptors (Lipinski definition) is 5. The molecule has 0 unspecified atom stereocenters. The number of piperidine rings is 1. The molecule has 0 aliphatic carbocycles. The number of likely N-dealkylation sites (tertiary alicyclic amines) is 2. The van der Waals surface area contributed by atoms with Crippen molar-refractivity contribution in [1.82, 2.24) is 14.8 Å². The molecular weight excluding hydrogens is 366 g/mol. The van der Waals surface area contributed by atoms with E-state index in [0.29, 0.717) is 17.1 Å². The van der Waals surface area contributed by atoms with Gasteiger partial charge in [-0.1, -0.05) is 6.07 Å². The topological polar surface area (TPSA) is 54.9 Å². The Morgan fingerprint density at radius 2 is 1.90 bits per heavy atom. The van der Waals surface area contributed by atoms with Crippen LogP contribution in [0.4, 0.5) is 0 Å². The van der Waals surface area contributed by atoms with E-state index in [-0.39, 0.29) is 11.3 Å². The number of aromatic nitrogens is 1. The van der Waals surface area contributed by atoms with Crippen LogP contribution < -0.4 is 9.47 Å². The van der Waals surface area contributed by atoms with Gasteiger partial charge in [0.2, 0.25) is 0 Å². The molecule has 2 aliphatic heterocycles. The highest BCUT2D eigenvalue weighted by Gasteiger charge is 2.42. The van der Waals surface area contributed by atoms with Crippen LogP contribution in [0.1, 0.15) is 35.2 Å². The fourth-order valence-electron chi connectivity index (χ4n) is 4.74. The first kappa shape index (κ1) is 19.7. The molecule has 29 heavy (non-hydrogen) atoms. The van der Waals surface area contributed by atoms with E-state index in [9.17, 15) is 4.79 Å². The quantitative estimate of drug-likeness (QED) is 0.778. The minimum absolute atomic E-state index is 0.0620. The van der Waals surface area contributed by atoms with Gasteiger partial charge in [-0.05, 0) is 49.6 Å². The Morgan fingerprint density at radius 3 is 2.59 bits per heavy atom. The molecule has 0 N–H and O–H groups in total. The molecule has 1 spiro atoms. The van der Waals surface area contributed by atoms with Crippen LogP contribution in [0, 0.1) is 5.41 Å². The standard InChI is InChI=1S/C23H29N3O3/c1-28-20-11-19(12-21(13-20)29-2)22(27)26-9-4-6-23(17-26)7-10-25(16-23)15-18-5-3-8-24-14-18/h3,5,8,11-14H,4,6-7,9-10,15-17H2,1-2H3/t23-/m1/s1. The van der Waals surface area contributed by atoms with E-state index in [2.05, 4.69) is 16.0 Å². The average molecular weight is 396 g/mol. The second-order valence-electron chi connectivity index (χ2n) is 8.25. The van der Waals surface area contributed by atoms with Gasteiger partial charge < -0.3 is 14.4 Å². The van der Waals surface area contributed by atoms with E-state index in [0.717, 1.165) is 45.6 Å². The lowest BCUT2D eigenvalue weighted by Crippen LogP contribution is -2.47. The SMILES string of the molecule is COc1cc(OC)cc(C(=O)N2CCC[C@]3(CCN(Cc4cccnc4)C3)C2)c1. The van der Waals surface area contributed by atoms with Gasteiger partial charge in [0, 0.05) is 55.6 Å². The molecule has 6 nitrogen and oxygen atoms in total. The van der Waals surface area contributed by atoms with E-state index < -0.39 is 0 Å². The summed E-state index contributed by atoms with van der Waals surface area (Å²) in [6.45, 7) is 4.66. The average Bonchev–Trinajstić information content (AvgIpc) is 3.14. The zero-order valence-electron chi connectivity index (χ0n) is 17.3. The number of rotatable bonds is 5. The van der Waals surface area contributed by atoms with Crippen molar-refractivity contribution in [2.24, 2.45) is 5.41 Å². The predicted octanol–water partition coefficient (Wildman–Crippen LogP) is 3.23. The molecule has 6 heteroatoms. The van der Waals surface area contributed by atoms with Gasteiger partial charge in [0.25, 0.3) is 5.91 Å². The predicted molar refractivity (Wildman–Crippen MR) is 111 cm³/mol. The van der Waals surface area contributed by atoms with Crippen LogP contribution >= 0.6 is 0 Å². The molecule has 1 atom stereocenters. The maximum Gasteiger partial charge on any atom is 0.254 e. The lowest BCUT2D eigenvalue weighted by atomic mass is 9.79. The summed E-state index contributed by atoms with van der Waals surface area (Å²) in [4.78, 5) is 22.0. The Bertz CT molecular complexity index is 835. The van der Waals surface area contributed by atoms with Gasteiger partial charge in [-0.2, -0.15) is 0 Å². The Hall–Kier alpha value is -2.60. The smallest absolute Gasteiger partial charge is 0.254 e. The summed E-state index contributed by atoms with van der Waals surface area (Å²) in [6.07, 6.45) is 7.12. The van der Waals surface area contributed by atoms with Crippen molar-refractivity contribution in [2.45, 2.75) is 25.8 Å². The summed E-state index contributed by atoms with van der Waals surface area (Å²) in [7, 11) is 3.21. The molecule has 2 fully saturated rings. The van der Waals surface area contributed by atoms with Crippen molar-refractivity contribution in [1.29, 1.82) is 0 Å². The van der Waals surface area contributed by atoms with Crippen LogP contribution in [-0.4, -0.2) is 61.1 Å². The number of amides is 1. The molecule has 1 aromatic carbocycles. The highest BCUT2D eigenvalue weighted by Crippen LogP contribution is 2.40. The van der Waals surface area contributed by atoms with Gasteiger partial charge >= 0.3 is 0 Å². The maximum atomic E-state index is 13.2. The van der Waals surface area contributed by atoms with Crippen molar-refractivity contribution in [3.63, 3.8) is 0 Å². The minimum atomic E-state index is 0.0620. The third kappa shape index (κ3) is 4.37. The zero-order chi connectivity index (χ0) is 20.3. The van der Waals surface area contributed by atoms with Crippen LogP contribution in [0.25, 0.3) is 0 Å². The number of methoxy groups -OCH3 is 2. The first-order chi connectivity index (χ1) is 14.1. The first-order valence-corrected chi connectivity index (χ1v) is 10.2. The van der Waals surface area contributed by atoms with Crippen LogP contribution in [0.2, 0.25) is 0 Å². The van der Waals surface area contributed by atoms with Crippen molar-refractivity contribution in [3.8, 4) is 11.5 Å². The van der Waals surface area contributed by atoms with Gasteiger partial charge in [0.05, 0.1) is 14.2 Å². The van der Waals surface area contributed by atoms with Gasteiger partial charge in [-0.25, -0.2) is 0 Å². The molecular formula is C23H29N3O3. The molecule has 2 aromatic rings. The minimum Gasteiger partial charge on any atom is -0.497 e. The van der Waals surface area contributed by atoms with Crippen molar-refractivity contribution in [3.05, 3.63) is 53.9 Å². The Morgan fingerprint density at radius 1 is 1.10 bits per heavy atom. The van der Waals surface area contributed by atoms with E-state index in [1.54, 1.807) is 32.4 Å². The van der Waals surface area contributed by atoms with E-state index in [4.69, 9.17) is 9.47 Å². The van der Waals surface area contributed by atoms with Crippen molar-refractivity contribution < 1.29 is 14.3 Å². The molecule has 4 rings (SSSR count). The molecule has 0 saturated carbocycles. The normalized spacial score (nSPS) is 22.1. The number of pyridine rings is 1. The van der Waals surface area contributed by atoms with Crippen LogP contribution in [0.15, 0.2) is 42.7 Å². The second-order valence-corrected chi connectivity index (χ2v) is 8.25. The number of benzene rings is 1. The fourth-order valence-corrected chi connectivity index (χ4v) is 4.74. The number of hydrogen-bond donors (Lipinski definition) is 0. The summed E-state index contributed by atoms with van der Waals surface area (Å²) in [5.74, 6) is 1.35. The second kappa shape index (κ2) is 8.41. The summed E-state index contributed by atoms with van der Waals surface area (Å²) >= 11 is 0. The summed E-state index contributed by atoms with van der Waals surface area (Å²) in [5.41, 5.74) is 2.07. The van der Waals surface area contributed by atoms with Gasteiger partial charge in [0.1, 0.15) is 11.5 Å². The first-order valence-electron chi connectivity index (χ1n) is 10.2. The molecule has 3 heterocycles. The van der Waals surface area contributed by atoms with Gasteiger partial charge in [0.15, 0.2) is 0 Å². The Labute approximate surface area is 172 Å².